The zero-order chi connectivity index (χ0) is 8.44. The van der Waals surface area contributed by atoms with E-state index in [9.17, 15) is 0 Å². The normalized spacial score (nSPS) is 20.4. The van der Waals surface area contributed by atoms with Gasteiger partial charge in [-0.15, -0.1) is 0 Å². The predicted octanol–water partition coefficient (Wildman–Crippen LogP) is 2.45. The first-order valence-corrected chi connectivity index (χ1v) is 5.50. The third kappa shape index (κ3) is 1.42. The molecule has 0 atom stereocenters. The van der Waals surface area contributed by atoms with Gasteiger partial charge in [0.1, 0.15) is 0 Å². The summed E-state index contributed by atoms with van der Waals surface area (Å²) in [5.74, 6) is 0. The van der Waals surface area contributed by atoms with Crippen LogP contribution in [0.1, 0.15) is 19.3 Å². The van der Waals surface area contributed by atoms with E-state index >= 15 is 0 Å². The lowest BCUT2D eigenvalue weighted by Crippen LogP contribution is -2.35. The largest absolute Gasteiger partial charge is 0.272 e. The highest BCUT2D eigenvalue weighted by atomic mass is 79.9. The first-order valence-electron chi connectivity index (χ1n) is 4.38. The van der Waals surface area contributed by atoms with Crippen molar-refractivity contribution in [2.24, 2.45) is 5.41 Å². The Labute approximate surface area is 81.1 Å². The van der Waals surface area contributed by atoms with Gasteiger partial charge in [0.05, 0.1) is 0 Å². The number of hydrogen-bond donors (Lipinski definition) is 0. The number of nitrogens with zero attached hydrogens (tertiary/aromatic N) is 2. The van der Waals surface area contributed by atoms with Gasteiger partial charge in [0, 0.05) is 24.3 Å². The van der Waals surface area contributed by atoms with Gasteiger partial charge < -0.3 is 0 Å². The van der Waals surface area contributed by atoms with E-state index in [1.807, 2.05) is 23.1 Å². The number of alkyl halides is 1. The van der Waals surface area contributed by atoms with Crippen molar-refractivity contribution in [1.29, 1.82) is 0 Å². The van der Waals surface area contributed by atoms with Crippen molar-refractivity contribution in [2.45, 2.75) is 25.8 Å². The van der Waals surface area contributed by atoms with Crippen molar-refractivity contribution in [3.63, 3.8) is 0 Å². The van der Waals surface area contributed by atoms with Gasteiger partial charge in [-0.1, -0.05) is 22.4 Å². The maximum Gasteiger partial charge on any atom is 0.0489 e. The van der Waals surface area contributed by atoms with Gasteiger partial charge in [-0.3, -0.25) is 4.68 Å². The van der Waals surface area contributed by atoms with Crippen LogP contribution in [0.3, 0.4) is 0 Å². The van der Waals surface area contributed by atoms with Crippen LogP contribution in [0.15, 0.2) is 18.5 Å². The van der Waals surface area contributed by atoms with Crippen LogP contribution in [0.2, 0.25) is 0 Å². The Hall–Kier alpha value is -0.310. The molecule has 1 aliphatic carbocycles. The molecule has 2 nitrogen and oxygen atoms in total. The van der Waals surface area contributed by atoms with Crippen LogP contribution in [0.4, 0.5) is 0 Å². The Bertz CT molecular complexity index is 234. The van der Waals surface area contributed by atoms with Crippen molar-refractivity contribution in [1.82, 2.24) is 9.78 Å². The lowest BCUT2D eigenvalue weighted by atomic mass is 9.70. The Morgan fingerprint density at radius 1 is 1.50 bits per heavy atom. The number of hydrogen-bond acceptors (Lipinski definition) is 1. The Kier molecular flexibility index (Phi) is 2.22. The molecular formula is C9H13BrN2. The fraction of sp³-hybridized carbons (Fsp3) is 0.667. The fourth-order valence-corrected chi connectivity index (χ4v) is 2.49. The molecule has 0 radical (unpaired) electrons. The molecule has 0 spiro atoms. The second-order valence-corrected chi connectivity index (χ2v) is 4.25. The molecule has 0 N–H and O–H groups in total. The minimum absolute atomic E-state index is 0.506. The fourth-order valence-electron chi connectivity index (χ4n) is 1.75. The molecule has 1 aliphatic rings. The lowest BCUT2D eigenvalue weighted by molar-refractivity contribution is 0.134. The van der Waals surface area contributed by atoms with E-state index in [-0.39, 0.29) is 0 Å². The molecule has 12 heavy (non-hydrogen) atoms. The third-order valence-corrected chi connectivity index (χ3v) is 3.94. The van der Waals surface area contributed by atoms with Gasteiger partial charge in [0.25, 0.3) is 0 Å². The van der Waals surface area contributed by atoms with E-state index in [2.05, 4.69) is 21.0 Å². The SMILES string of the molecule is BrCC1(Cn2cccn2)CCC1. The minimum atomic E-state index is 0.506. The smallest absolute Gasteiger partial charge is 0.0489 e. The molecule has 2 rings (SSSR count). The average molecular weight is 229 g/mol. The van der Waals surface area contributed by atoms with Crippen molar-refractivity contribution >= 4 is 15.9 Å². The first kappa shape index (κ1) is 8.30. The standard InChI is InChI=1S/C9H13BrN2/c10-7-9(3-1-4-9)8-12-6-2-5-11-12/h2,5-6H,1,3-4,7-8H2. The predicted molar refractivity (Wildman–Crippen MR) is 52.3 cm³/mol. The summed E-state index contributed by atoms with van der Waals surface area (Å²) < 4.78 is 2.04. The molecular weight excluding hydrogens is 216 g/mol. The molecule has 0 unspecified atom stereocenters. The van der Waals surface area contributed by atoms with Crippen LogP contribution in [-0.4, -0.2) is 15.1 Å². The average Bonchev–Trinajstić information content (AvgIpc) is 2.49. The summed E-state index contributed by atoms with van der Waals surface area (Å²) in [7, 11) is 0. The van der Waals surface area contributed by atoms with Crippen LogP contribution in [0.25, 0.3) is 0 Å². The summed E-state index contributed by atoms with van der Waals surface area (Å²) in [6.07, 6.45) is 7.96. The van der Waals surface area contributed by atoms with Gasteiger partial charge in [0.2, 0.25) is 0 Å². The number of aromatic nitrogens is 2. The Morgan fingerprint density at radius 2 is 2.33 bits per heavy atom. The second kappa shape index (κ2) is 3.21. The molecule has 1 aromatic heterocycles. The molecule has 0 saturated heterocycles. The van der Waals surface area contributed by atoms with E-state index in [0.717, 1.165) is 11.9 Å². The summed E-state index contributed by atoms with van der Waals surface area (Å²) in [5.41, 5.74) is 0.506. The molecule has 1 heterocycles. The van der Waals surface area contributed by atoms with E-state index in [1.54, 1.807) is 0 Å². The minimum Gasteiger partial charge on any atom is -0.272 e. The molecule has 66 valence electrons. The number of rotatable bonds is 3. The summed E-state index contributed by atoms with van der Waals surface area (Å²) >= 11 is 3.59. The van der Waals surface area contributed by atoms with Crippen molar-refractivity contribution in [3.8, 4) is 0 Å². The van der Waals surface area contributed by atoms with Gasteiger partial charge in [0.15, 0.2) is 0 Å². The maximum atomic E-state index is 4.23. The van der Waals surface area contributed by atoms with Crippen LogP contribution in [0.5, 0.6) is 0 Å². The van der Waals surface area contributed by atoms with E-state index < -0.39 is 0 Å². The first-order chi connectivity index (χ1) is 5.85. The van der Waals surface area contributed by atoms with Gasteiger partial charge in [-0.25, -0.2) is 0 Å². The van der Waals surface area contributed by atoms with E-state index in [0.29, 0.717) is 5.41 Å². The number of halogens is 1. The monoisotopic (exact) mass is 228 g/mol. The highest BCUT2D eigenvalue weighted by Crippen LogP contribution is 2.43. The van der Waals surface area contributed by atoms with E-state index in [4.69, 9.17) is 0 Å². The second-order valence-electron chi connectivity index (χ2n) is 3.69. The van der Waals surface area contributed by atoms with E-state index in [1.165, 1.54) is 19.3 Å². The highest BCUT2D eigenvalue weighted by molar-refractivity contribution is 9.09. The molecule has 0 bridgehead atoms. The van der Waals surface area contributed by atoms with Crippen LogP contribution in [-0.2, 0) is 6.54 Å². The topological polar surface area (TPSA) is 17.8 Å². The molecule has 1 saturated carbocycles. The van der Waals surface area contributed by atoms with Gasteiger partial charge in [-0.05, 0) is 24.3 Å². The van der Waals surface area contributed by atoms with Crippen molar-refractivity contribution in [3.05, 3.63) is 18.5 Å². The van der Waals surface area contributed by atoms with Crippen molar-refractivity contribution < 1.29 is 0 Å². The molecule has 0 aromatic carbocycles. The molecule has 0 amide bonds. The third-order valence-electron chi connectivity index (χ3n) is 2.75. The maximum absolute atomic E-state index is 4.23. The summed E-state index contributed by atoms with van der Waals surface area (Å²) in [5, 5.41) is 5.34. The molecule has 1 fully saturated rings. The van der Waals surface area contributed by atoms with Crippen molar-refractivity contribution in [2.75, 3.05) is 5.33 Å². The lowest BCUT2D eigenvalue weighted by Gasteiger charge is -2.40. The van der Waals surface area contributed by atoms with Crippen LogP contribution in [0, 0.1) is 5.41 Å². The zero-order valence-electron chi connectivity index (χ0n) is 7.04. The van der Waals surface area contributed by atoms with Crippen LogP contribution >= 0.6 is 15.9 Å². The van der Waals surface area contributed by atoms with Gasteiger partial charge in [-0.2, -0.15) is 5.10 Å². The molecule has 1 aromatic rings. The Balaban J connectivity index is 2.01. The quantitative estimate of drug-likeness (QED) is 0.728. The zero-order valence-corrected chi connectivity index (χ0v) is 8.63. The molecule has 0 aliphatic heterocycles. The highest BCUT2D eigenvalue weighted by Gasteiger charge is 2.36. The van der Waals surface area contributed by atoms with Gasteiger partial charge >= 0.3 is 0 Å². The Morgan fingerprint density at radius 3 is 2.75 bits per heavy atom. The summed E-state index contributed by atoms with van der Waals surface area (Å²) in [6.45, 7) is 1.07. The summed E-state index contributed by atoms with van der Waals surface area (Å²) in [4.78, 5) is 0. The van der Waals surface area contributed by atoms with Crippen LogP contribution < -0.4 is 0 Å². The molecule has 3 heteroatoms. The summed E-state index contributed by atoms with van der Waals surface area (Å²) in [6, 6.07) is 1.99.